The lowest BCUT2D eigenvalue weighted by atomic mass is 10.0. The number of benzene rings is 2. The molecule has 5 heteroatoms. The van der Waals surface area contributed by atoms with Crippen LogP contribution in [0.15, 0.2) is 48.5 Å². The van der Waals surface area contributed by atoms with E-state index in [1.54, 1.807) is 6.07 Å². The molecule has 1 aliphatic heterocycles. The zero-order chi connectivity index (χ0) is 14.8. The van der Waals surface area contributed by atoms with Crippen LogP contribution in [0.3, 0.4) is 0 Å². The lowest BCUT2D eigenvalue weighted by molar-refractivity contribution is -0.117. The molecule has 1 atom stereocenters. The third-order valence-corrected chi connectivity index (χ3v) is 3.39. The minimum absolute atomic E-state index is 0.0196. The molecule has 0 aliphatic carbocycles. The van der Waals surface area contributed by atoms with E-state index in [0.717, 1.165) is 5.69 Å². The molecular formula is C16H13FN2O2. The molecule has 0 saturated heterocycles. The van der Waals surface area contributed by atoms with Crippen LogP contribution in [-0.2, 0) is 4.79 Å². The zero-order valence-corrected chi connectivity index (χ0v) is 11.1. The van der Waals surface area contributed by atoms with Crippen molar-refractivity contribution in [2.45, 2.75) is 12.5 Å². The van der Waals surface area contributed by atoms with E-state index in [9.17, 15) is 14.0 Å². The fraction of sp³-hybridized carbons (Fsp3) is 0.125. The number of Topliss-reactive ketones (excluding diaryl/α,β-unsaturated/α-hetero) is 1. The third kappa shape index (κ3) is 2.76. The number of fused-ring (bicyclic) bond motifs is 1. The van der Waals surface area contributed by atoms with Gasteiger partial charge in [0.15, 0.2) is 5.78 Å². The highest BCUT2D eigenvalue weighted by Crippen LogP contribution is 2.27. The maximum absolute atomic E-state index is 12.8. The monoisotopic (exact) mass is 284 g/mol. The zero-order valence-electron chi connectivity index (χ0n) is 11.1. The molecule has 3 rings (SSSR count). The van der Waals surface area contributed by atoms with Crippen molar-refractivity contribution < 1.29 is 14.0 Å². The van der Waals surface area contributed by atoms with Gasteiger partial charge in [0.1, 0.15) is 11.9 Å². The molecule has 106 valence electrons. The maximum atomic E-state index is 12.8. The van der Waals surface area contributed by atoms with E-state index in [1.165, 1.54) is 24.3 Å². The van der Waals surface area contributed by atoms with Gasteiger partial charge in [-0.25, -0.2) is 4.39 Å². The summed E-state index contributed by atoms with van der Waals surface area (Å²) < 4.78 is 12.8. The van der Waals surface area contributed by atoms with Gasteiger partial charge < -0.3 is 10.6 Å². The molecule has 0 aromatic heterocycles. The van der Waals surface area contributed by atoms with Crippen molar-refractivity contribution >= 4 is 23.1 Å². The van der Waals surface area contributed by atoms with Crippen LogP contribution in [0.4, 0.5) is 15.8 Å². The highest BCUT2D eigenvalue weighted by Gasteiger charge is 2.27. The first-order valence-corrected chi connectivity index (χ1v) is 6.59. The van der Waals surface area contributed by atoms with Crippen LogP contribution in [0.2, 0.25) is 0 Å². The molecule has 1 aliphatic rings. The van der Waals surface area contributed by atoms with Gasteiger partial charge >= 0.3 is 0 Å². The van der Waals surface area contributed by atoms with Crippen molar-refractivity contribution in [2.75, 3.05) is 10.6 Å². The van der Waals surface area contributed by atoms with Gasteiger partial charge in [-0.05, 0) is 36.4 Å². The predicted octanol–water partition coefficient (Wildman–Crippen LogP) is 2.83. The quantitative estimate of drug-likeness (QED) is 0.852. The van der Waals surface area contributed by atoms with Crippen LogP contribution < -0.4 is 10.6 Å². The largest absolute Gasteiger partial charge is 0.372 e. The standard InChI is InChI=1S/C16H13FN2O2/c17-11-7-5-10(6-8-11)15(20)9-14-16(21)19-13-4-2-1-3-12(13)18-14/h1-8,14,18H,9H2,(H,19,21). The molecule has 0 saturated carbocycles. The second-order valence-corrected chi connectivity index (χ2v) is 4.87. The number of para-hydroxylation sites is 2. The molecule has 4 nitrogen and oxygen atoms in total. The van der Waals surface area contributed by atoms with Crippen molar-refractivity contribution in [3.63, 3.8) is 0 Å². The smallest absolute Gasteiger partial charge is 0.247 e. The van der Waals surface area contributed by atoms with E-state index in [4.69, 9.17) is 0 Å². The van der Waals surface area contributed by atoms with Crippen LogP contribution in [0.5, 0.6) is 0 Å². The Morgan fingerprint density at radius 3 is 2.43 bits per heavy atom. The molecule has 0 spiro atoms. The SMILES string of the molecule is O=C(CC1Nc2ccccc2NC1=O)c1ccc(F)cc1. The van der Waals surface area contributed by atoms with Crippen LogP contribution in [0.1, 0.15) is 16.8 Å². The summed E-state index contributed by atoms with van der Waals surface area (Å²) >= 11 is 0. The minimum atomic E-state index is -0.627. The lowest BCUT2D eigenvalue weighted by Gasteiger charge is -2.26. The number of ketones is 1. The predicted molar refractivity (Wildman–Crippen MR) is 77.8 cm³/mol. The average Bonchev–Trinajstić information content (AvgIpc) is 2.48. The van der Waals surface area contributed by atoms with Gasteiger partial charge in [0.2, 0.25) is 5.91 Å². The fourth-order valence-electron chi connectivity index (χ4n) is 2.27. The normalized spacial score (nSPS) is 16.6. The summed E-state index contributed by atoms with van der Waals surface area (Å²) in [6, 6.07) is 12.0. The van der Waals surface area contributed by atoms with Crippen LogP contribution in [0, 0.1) is 5.82 Å². The number of halogens is 1. The Hall–Kier alpha value is -2.69. The molecule has 1 amide bonds. The van der Waals surface area contributed by atoms with Crippen molar-refractivity contribution in [3.05, 3.63) is 59.9 Å². The van der Waals surface area contributed by atoms with Crippen LogP contribution in [0.25, 0.3) is 0 Å². The van der Waals surface area contributed by atoms with E-state index in [-0.39, 0.29) is 18.1 Å². The van der Waals surface area contributed by atoms with Crippen molar-refractivity contribution in [1.82, 2.24) is 0 Å². The summed E-state index contributed by atoms with van der Waals surface area (Å²) in [7, 11) is 0. The Bertz CT molecular complexity index is 698. The van der Waals surface area contributed by atoms with Crippen LogP contribution >= 0.6 is 0 Å². The summed E-state index contributed by atoms with van der Waals surface area (Å²) in [5, 5.41) is 5.81. The van der Waals surface area contributed by atoms with Gasteiger partial charge in [-0.2, -0.15) is 0 Å². The van der Waals surface area contributed by atoms with E-state index < -0.39 is 11.9 Å². The molecule has 2 aromatic rings. The summed E-state index contributed by atoms with van der Waals surface area (Å²) in [6.45, 7) is 0. The highest BCUT2D eigenvalue weighted by atomic mass is 19.1. The molecule has 0 radical (unpaired) electrons. The van der Waals surface area contributed by atoms with E-state index in [0.29, 0.717) is 11.3 Å². The van der Waals surface area contributed by atoms with Gasteiger partial charge in [0.05, 0.1) is 11.4 Å². The Labute approximate surface area is 121 Å². The number of nitrogens with one attached hydrogen (secondary N) is 2. The Kier molecular flexibility index (Phi) is 3.39. The van der Waals surface area contributed by atoms with Gasteiger partial charge in [0, 0.05) is 12.0 Å². The number of amides is 1. The summed E-state index contributed by atoms with van der Waals surface area (Å²) in [5.74, 6) is -0.847. The maximum Gasteiger partial charge on any atom is 0.247 e. The van der Waals surface area contributed by atoms with Crippen LogP contribution in [-0.4, -0.2) is 17.7 Å². The Morgan fingerprint density at radius 2 is 1.71 bits per heavy atom. The van der Waals surface area contributed by atoms with Crippen molar-refractivity contribution in [1.29, 1.82) is 0 Å². The van der Waals surface area contributed by atoms with Gasteiger partial charge in [0.25, 0.3) is 0 Å². The minimum Gasteiger partial charge on any atom is -0.372 e. The first-order chi connectivity index (χ1) is 10.1. The number of hydrogen-bond donors (Lipinski definition) is 2. The van der Waals surface area contributed by atoms with Gasteiger partial charge in [-0.15, -0.1) is 0 Å². The molecule has 1 unspecified atom stereocenters. The number of carbonyl (C=O) groups excluding carboxylic acids is 2. The average molecular weight is 284 g/mol. The van der Waals surface area contributed by atoms with E-state index in [1.807, 2.05) is 18.2 Å². The second kappa shape index (κ2) is 5.36. The lowest BCUT2D eigenvalue weighted by Crippen LogP contribution is -2.40. The number of rotatable bonds is 3. The molecule has 21 heavy (non-hydrogen) atoms. The Morgan fingerprint density at radius 1 is 1.05 bits per heavy atom. The molecule has 0 fully saturated rings. The van der Waals surface area contributed by atoms with E-state index in [2.05, 4.69) is 10.6 Å². The Balaban J connectivity index is 1.75. The number of anilines is 2. The fourth-order valence-corrected chi connectivity index (χ4v) is 2.27. The summed E-state index contributed by atoms with van der Waals surface area (Å²) in [5.41, 5.74) is 1.88. The number of hydrogen-bond acceptors (Lipinski definition) is 3. The highest BCUT2D eigenvalue weighted by molar-refractivity contribution is 6.07. The molecule has 1 heterocycles. The third-order valence-electron chi connectivity index (χ3n) is 3.39. The first kappa shape index (κ1) is 13.3. The van der Waals surface area contributed by atoms with Gasteiger partial charge in [-0.3, -0.25) is 9.59 Å². The molecule has 0 bridgehead atoms. The van der Waals surface area contributed by atoms with Crippen molar-refractivity contribution in [2.24, 2.45) is 0 Å². The number of carbonyl (C=O) groups is 2. The van der Waals surface area contributed by atoms with E-state index >= 15 is 0 Å². The second-order valence-electron chi connectivity index (χ2n) is 4.87. The topological polar surface area (TPSA) is 58.2 Å². The summed E-state index contributed by atoms with van der Waals surface area (Å²) in [6.07, 6.45) is 0.0196. The summed E-state index contributed by atoms with van der Waals surface area (Å²) in [4.78, 5) is 24.1. The molecule has 2 aromatic carbocycles. The first-order valence-electron chi connectivity index (χ1n) is 6.59. The molecule has 2 N–H and O–H groups in total. The van der Waals surface area contributed by atoms with Gasteiger partial charge in [-0.1, -0.05) is 12.1 Å². The van der Waals surface area contributed by atoms with Crippen molar-refractivity contribution in [3.8, 4) is 0 Å². The molecular weight excluding hydrogens is 271 g/mol.